The van der Waals surface area contributed by atoms with Crippen molar-refractivity contribution in [3.05, 3.63) is 69.7 Å². The third-order valence-electron chi connectivity index (χ3n) is 5.95. The first kappa shape index (κ1) is 22.0. The highest BCUT2D eigenvalue weighted by Crippen LogP contribution is 2.40. The molecule has 4 rings (SSSR count). The minimum absolute atomic E-state index is 0.0139. The Hall–Kier alpha value is -3.26. The summed E-state index contributed by atoms with van der Waals surface area (Å²) in [7, 11) is 1.61. The molecular formula is C24H26FN3O4. The molecule has 0 radical (unpaired) electrons. The highest BCUT2D eigenvalue weighted by atomic mass is 19.1. The smallest absolute Gasteiger partial charge is 0.311 e. The SMILES string of the molecule is COc1cc(C)ccc1CN(c1c([N+](=O)[O-])cnc2ccc(F)cc12)[C@@H]1CCO[C@H](C)C1. The molecule has 2 atom stereocenters. The van der Waals surface area contributed by atoms with Crippen LogP contribution in [0.15, 0.2) is 42.6 Å². The van der Waals surface area contributed by atoms with E-state index < -0.39 is 10.7 Å². The molecular weight excluding hydrogens is 413 g/mol. The van der Waals surface area contributed by atoms with Gasteiger partial charge in [0.05, 0.1) is 23.7 Å². The van der Waals surface area contributed by atoms with Crippen molar-refractivity contribution < 1.29 is 18.8 Å². The molecule has 32 heavy (non-hydrogen) atoms. The molecule has 0 amide bonds. The molecule has 0 unspecified atom stereocenters. The van der Waals surface area contributed by atoms with Gasteiger partial charge in [-0.05, 0) is 56.5 Å². The predicted octanol–water partition coefficient (Wildman–Crippen LogP) is 5.17. The first-order chi connectivity index (χ1) is 15.4. The molecule has 2 heterocycles. The zero-order valence-electron chi connectivity index (χ0n) is 18.4. The molecule has 168 valence electrons. The number of nitrogens with zero attached hydrogens (tertiary/aromatic N) is 3. The Bertz CT molecular complexity index is 1150. The lowest BCUT2D eigenvalue weighted by Gasteiger charge is -2.38. The van der Waals surface area contributed by atoms with E-state index in [9.17, 15) is 14.5 Å². The van der Waals surface area contributed by atoms with E-state index in [0.29, 0.717) is 48.3 Å². The maximum absolute atomic E-state index is 14.3. The molecule has 0 saturated carbocycles. The lowest BCUT2D eigenvalue weighted by Crippen LogP contribution is -2.42. The molecule has 1 aliphatic heterocycles. The van der Waals surface area contributed by atoms with E-state index in [0.717, 1.165) is 11.1 Å². The Morgan fingerprint density at radius 1 is 1.31 bits per heavy atom. The van der Waals surface area contributed by atoms with Crippen LogP contribution in [-0.2, 0) is 11.3 Å². The van der Waals surface area contributed by atoms with E-state index >= 15 is 0 Å². The Labute approximate surface area is 185 Å². The normalized spacial score (nSPS) is 18.5. The molecule has 0 aliphatic carbocycles. The summed E-state index contributed by atoms with van der Waals surface area (Å²) < 4.78 is 25.6. The quantitative estimate of drug-likeness (QED) is 0.389. The molecule has 8 heteroatoms. The minimum Gasteiger partial charge on any atom is -0.496 e. The van der Waals surface area contributed by atoms with E-state index in [1.165, 1.54) is 18.3 Å². The van der Waals surface area contributed by atoms with Gasteiger partial charge >= 0.3 is 5.69 Å². The summed E-state index contributed by atoms with van der Waals surface area (Å²) in [6.45, 7) is 4.90. The van der Waals surface area contributed by atoms with E-state index in [1.54, 1.807) is 13.2 Å². The number of ether oxygens (including phenoxy) is 2. The molecule has 1 saturated heterocycles. The van der Waals surface area contributed by atoms with Crippen molar-refractivity contribution in [1.29, 1.82) is 0 Å². The number of hydrogen-bond acceptors (Lipinski definition) is 6. The topological polar surface area (TPSA) is 77.7 Å². The van der Waals surface area contributed by atoms with Crippen LogP contribution in [0.2, 0.25) is 0 Å². The molecule has 2 aromatic carbocycles. The molecule has 1 fully saturated rings. The zero-order chi connectivity index (χ0) is 22.8. The van der Waals surface area contributed by atoms with Gasteiger partial charge in [0.2, 0.25) is 0 Å². The summed E-state index contributed by atoms with van der Waals surface area (Å²) in [5, 5.41) is 12.4. The van der Waals surface area contributed by atoms with Gasteiger partial charge in [0.15, 0.2) is 0 Å². The van der Waals surface area contributed by atoms with Crippen molar-refractivity contribution in [2.24, 2.45) is 0 Å². The van der Waals surface area contributed by atoms with Crippen LogP contribution < -0.4 is 9.64 Å². The fourth-order valence-electron chi connectivity index (χ4n) is 4.39. The minimum atomic E-state index is -0.464. The number of nitro groups is 1. The maximum Gasteiger partial charge on any atom is 0.311 e. The fourth-order valence-corrected chi connectivity index (χ4v) is 4.39. The maximum atomic E-state index is 14.3. The number of benzene rings is 2. The van der Waals surface area contributed by atoms with E-state index in [-0.39, 0.29) is 17.8 Å². The van der Waals surface area contributed by atoms with Crippen LogP contribution in [0.4, 0.5) is 15.8 Å². The average Bonchev–Trinajstić information content (AvgIpc) is 2.77. The van der Waals surface area contributed by atoms with E-state index in [2.05, 4.69) is 4.98 Å². The van der Waals surface area contributed by atoms with Gasteiger partial charge in [0.1, 0.15) is 23.5 Å². The number of fused-ring (bicyclic) bond motifs is 1. The van der Waals surface area contributed by atoms with Crippen molar-refractivity contribution in [2.75, 3.05) is 18.6 Å². The number of hydrogen-bond donors (Lipinski definition) is 0. The summed E-state index contributed by atoms with van der Waals surface area (Å²) in [5.74, 6) is 0.247. The van der Waals surface area contributed by atoms with Crippen molar-refractivity contribution >= 4 is 22.3 Å². The van der Waals surface area contributed by atoms with Gasteiger partial charge in [-0.3, -0.25) is 10.1 Å². The lowest BCUT2D eigenvalue weighted by molar-refractivity contribution is -0.384. The molecule has 1 aromatic heterocycles. The Balaban J connectivity index is 1.92. The van der Waals surface area contributed by atoms with Crippen molar-refractivity contribution in [3.8, 4) is 5.75 Å². The van der Waals surface area contributed by atoms with Crippen molar-refractivity contribution in [3.63, 3.8) is 0 Å². The molecule has 3 aromatic rings. The highest BCUT2D eigenvalue weighted by Gasteiger charge is 2.32. The van der Waals surface area contributed by atoms with Crippen LogP contribution in [0.25, 0.3) is 10.9 Å². The summed E-state index contributed by atoms with van der Waals surface area (Å²) in [6.07, 6.45) is 2.68. The van der Waals surface area contributed by atoms with Crippen LogP contribution in [-0.4, -0.2) is 35.8 Å². The van der Waals surface area contributed by atoms with Crippen molar-refractivity contribution in [1.82, 2.24) is 4.98 Å². The van der Waals surface area contributed by atoms with Gasteiger partial charge in [0, 0.05) is 30.1 Å². The first-order valence-electron chi connectivity index (χ1n) is 10.6. The number of halogens is 1. The summed E-state index contributed by atoms with van der Waals surface area (Å²) in [5.41, 5.74) is 2.69. The number of methoxy groups -OCH3 is 1. The van der Waals surface area contributed by atoms with E-state index in [1.807, 2.05) is 36.9 Å². The monoisotopic (exact) mass is 439 g/mol. The summed E-state index contributed by atoms with van der Waals surface area (Å²) in [6, 6.07) is 10.1. The first-order valence-corrected chi connectivity index (χ1v) is 10.6. The summed E-state index contributed by atoms with van der Waals surface area (Å²) in [4.78, 5) is 17.8. The van der Waals surface area contributed by atoms with Gasteiger partial charge in [-0.1, -0.05) is 12.1 Å². The summed E-state index contributed by atoms with van der Waals surface area (Å²) >= 11 is 0. The molecule has 0 N–H and O–H groups in total. The van der Waals surface area contributed by atoms with Crippen LogP contribution in [0.1, 0.15) is 30.9 Å². The Kier molecular flexibility index (Phi) is 6.23. The molecule has 0 bridgehead atoms. The fraction of sp³-hybridized carbons (Fsp3) is 0.375. The van der Waals surface area contributed by atoms with E-state index in [4.69, 9.17) is 9.47 Å². The Morgan fingerprint density at radius 2 is 2.12 bits per heavy atom. The van der Waals surface area contributed by atoms with Gasteiger partial charge in [-0.2, -0.15) is 0 Å². The second kappa shape index (κ2) is 9.08. The number of pyridine rings is 1. The molecule has 1 aliphatic rings. The van der Waals surface area contributed by atoms with Crippen LogP contribution in [0, 0.1) is 22.9 Å². The standard InChI is InChI=1S/C24H26FN3O4/c1-15-4-5-17(23(10-15)31-3)14-27(19-8-9-32-16(2)11-19)24-20-12-18(25)6-7-21(20)26-13-22(24)28(29)30/h4-7,10,12-13,16,19H,8-9,11,14H2,1-3H3/t16-,19-/m1/s1. The number of aromatic nitrogens is 1. The van der Waals surface area contributed by atoms with Gasteiger partial charge in [0.25, 0.3) is 0 Å². The van der Waals surface area contributed by atoms with Crippen molar-refractivity contribution in [2.45, 2.75) is 45.4 Å². The average molecular weight is 439 g/mol. The van der Waals surface area contributed by atoms with Crippen LogP contribution >= 0.6 is 0 Å². The largest absolute Gasteiger partial charge is 0.496 e. The van der Waals surface area contributed by atoms with Crippen LogP contribution in [0.3, 0.4) is 0 Å². The Morgan fingerprint density at radius 3 is 2.84 bits per heavy atom. The highest BCUT2D eigenvalue weighted by molar-refractivity contribution is 5.96. The van der Waals surface area contributed by atoms with Gasteiger partial charge in [-0.15, -0.1) is 0 Å². The second-order valence-electron chi connectivity index (χ2n) is 8.21. The molecule has 0 spiro atoms. The second-order valence-corrected chi connectivity index (χ2v) is 8.21. The third-order valence-corrected chi connectivity index (χ3v) is 5.95. The number of aryl methyl sites for hydroxylation is 1. The number of rotatable bonds is 6. The third kappa shape index (κ3) is 4.36. The lowest BCUT2D eigenvalue weighted by atomic mass is 9.98. The van der Waals surface area contributed by atoms with Gasteiger partial charge in [-0.25, -0.2) is 9.37 Å². The number of anilines is 1. The predicted molar refractivity (Wildman–Crippen MR) is 121 cm³/mol. The van der Waals surface area contributed by atoms with Crippen LogP contribution in [0.5, 0.6) is 5.75 Å². The molecule has 7 nitrogen and oxygen atoms in total. The van der Waals surface area contributed by atoms with Gasteiger partial charge < -0.3 is 14.4 Å². The zero-order valence-corrected chi connectivity index (χ0v) is 18.4.